The molecule has 2 amide bonds. The Bertz CT molecular complexity index is 113. The van der Waals surface area contributed by atoms with Crippen LogP contribution in [0.15, 0.2) is 17.9 Å². The van der Waals surface area contributed by atoms with Gasteiger partial charge in [-0.2, -0.15) is 0 Å². The van der Waals surface area contributed by atoms with Gasteiger partial charge >= 0.3 is 6.03 Å². The highest BCUT2D eigenvalue weighted by Crippen LogP contribution is 1.57. The molecule has 0 aliphatic rings. The average Bonchev–Trinajstić information content (AvgIpc) is 1.66. The Morgan fingerprint density at radius 1 is 1.33 bits per heavy atom. The SMILES string of the molecule is CC=C=CC.NC(N)=O. The lowest BCUT2D eigenvalue weighted by molar-refractivity contribution is 0.256. The summed E-state index contributed by atoms with van der Waals surface area (Å²) in [5.41, 5.74) is 11.4. The van der Waals surface area contributed by atoms with Gasteiger partial charge in [-0.25, -0.2) is 4.79 Å². The Morgan fingerprint density at radius 2 is 1.56 bits per heavy atom. The predicted octanol–water partition coefficient (Wildman–Crippen LogP) is 0.761. The first-order chi connectivity index (χ1) is 4.15. The van der Waals surface area contributed by atoms with E-state index in [1.54, 1.807) is 0 Å². The molecule has 0 bridgehead atoms. The summed E-state index contributed by atoms with van der Waals surface area (Å²) >= 11 is 0. The van der Waals surface area contributed by atoms with Crippen molar-refractivity contribution in [3.63, 3.8) is 0 Å². The van der Waals surface area contributed by atoms with Gasteiger partial charge in [0.15, 0.2) is 0 Å². The molecule has 0 saturated carbocycles. The molecule has 0 unspecified atom stereocenters. The van der Waals surface area contributed by atoms with Gasteiger partial charge in [0.25, 0.3) is 0 Å². The molecule has 0 aliphatic heterocycles. The summed E-state index contributed by atoms with van der Waals surface area (Å²) in [5.74, 6) is 0. The van der Waals surface area contributed by atoms with E-state index in [4.69, 9.17) is 4.79 Å². The molecule has 3 nitrogen and oxygen atoms in total. The molecule has 9 heavy (non-hydrogen) atoms. The molecule has 0 atom stereocenters. The molecule has 4 N–H and O–H groups in total. The lowest BCUT2D eigenvalue weighted by Gasteiger charge is -1.62. The average molecular weight is 128 g/mol. The number of amides is 2. The highest BCUT2D eigenvalue weighted by Gasteiger charge is 1.60. The molecule has 3 heteroatoms. The van der Waals surface area contributed by atoms with Gasteiger partial charge in [0.2, 0.25) is 0 Å². The lowest BCUT2D eigenvalue weighted by atomic mass is 10.6. The van der Waals surface area contributed by atoms with Crippen LogP contribution in [-0.4, -0.2) is 6.03 Å². The van der Waals surface area contributed by atoms with E-state index in [0.29, 0.717) is 0 Å². The van der Waals surface area contributed by atoms with Crippen LogP contribution in [0.5, 0.6) is 0 Å². The van der Waals surface area contributed by atoms with Crippen LogP contribution in [-0.2, 0) is 0 Å². The van der Waals surface area contributed by atoms with Crippen molar-refractivity contribution in [2.24, 2.45) is 11.5 Å². The summed E-state index contributed by atoms with van der Waals surface area (Å²) in [7, 11) is 0. The molecule has 0 aromatic rings. The Kier molecular flexibility index (Phi) is 11.8. The normalized spacial score (nSPS) is 5.56. The standard InChI is InChI=1S/C5H8.CH4N2O/c1-3-5-4-2;2-1(3)4/h3-4H,1-2H3;(H4,2,3,4). The fraction of sp³-hybridized carbons (Fsp3) is 0.333. The molecule has 0 aliphatic carbocycles. The Hall–Kier alpha value is -1.21. The lowest BCUT2D eigenvalue weighted by Crippen LogP contribution is -2.18. The van der Waals surface area contributed by atoms with Gasteiger partial charge in [0.05, 0.1) is 0 Å². The molecule has 0 spiro atoms. The minimum Gasteiger partial charge on any atom is -0.352 e. The quantitative estimate of drug-likeness (QED) is 0.464. The van der Waals surface area contributed by atoms with Gasteiger partial charge in [0.1, 0.15) is 0 Å². The topological polar surface area (TPSA) is 69.1 Å². The van der Waals surface area contributed by atoms with Crippen molar-refractivity contribution >= 4 is 6.03 Å². The zero-order valence-electron chi connectivity index (χ0n) is 5.72. The van der Waals surface area contributed by atoms with Crippen molar-refractivity contribution in [2.75, 3.05) is 0 Å². The molecule has 0 rings (SSSR count). The molecular weight excluding hydrogens is 116 g/mol. The molecule has 0 saturated heterocycles. The Labute approximate surface area is 55.0 Å². The van der Waals surface area contributed by atoms with Crippen molar-refractivity contribution in [3.8, 4) is 0 Å². The Balaban J connectivity index is 0. The van der Waals surface area contributed by atoms with Gasteiger partial charge in [-0.1, -0.05) is 0 Å². The second kappa shape index (κ2) is 9.92. The fourth-order valence-corrected chi connectivity index (χ4v) is 0.167. The van der Waals surface area contributed by atoms with Crippen LogP contribution < -0.4 is 11.5 Å². The number of nitrogens with two attached hydrogens (primary N) is 2. The molecule has 0 aromatic carbocycles. The van der Waals surface area contributed by atoms with Crippen molar-refractivity contribution in [3.05, 3.63) is 17.9 Å². The number of rotatable bonds is 0. The summed E-state index contributed by atoms with van der Waals surface area (Å²) in [4.78, 5) is 9.00. The zero-order valence-corrected chi connectivity index (χ0v) is 5.72. The molecule has 0 radical (unpaired) electrons. The minimum atomic E-state index is -0.833. The van der Waals surface area contributed by atoms with Gasteiger partial charge < -0.3 is 11.5 Å². The first kappa shape index (κ1) is 10.7. The van der Waals surface area contributed by atoms with Crippen LogP contribution >= 0.6 is 0 Å². The van der Waals surface area contributed by atoms with E-state index in [-0.39, 0.29) is 0 Å². The van der Waals surface area contributed by atoms with E-state index in [1.807, 2.05) is 26.0 Å². The van der Waals surface area contributed by atoms with E-state index in [9.17, 15) is 0 Å². The fourth-order valence-electron chi connectivity index (χ4n) is 0.167. The number of allylic oxidation sites excluding steroid dienone is 1. The van der Waals surface area contributed by atoms with Crippen molar-refractivity contribution < 1.29 is 4.79 Å². The van der Waals surface area contributed by atoms with Gasteiger partial charge in [-0.05, 0) is 26.0 Å². The van der Waals surface area contributed by atoms with Gasteiger partial charge in [-0.15, -0.1) is 5.73 Å². The number of carbonyl (C=O) groups excluding carboxylic acids is 1. The highest BCUT2D eigenvalue weighted by molar-refractivity contribution is 5.69. The molecule has 52 valence electrons. The van der Waals surface area contributed by atoms with E-state index in [0.717, 1.165) is 0 Å². The minimum absolute atomic E-state index is 0.833. The monoisotopic (exact) mass is 128 g/mol. The largest absolute Gasteiger partial charge is 0.352 e. The Morgan fingerprint density at radius 3 is 1.56 bits per heavy atom. The molecule has 0 aromatic heterocycles. The second-order valence-corrected chi connectivity index (χ2v) is 1.15. The van der Waals surface area contributed by atoms with Crippen LogP contribution in [0.25, 0.3) is 0 Å². The van der Waals surface area contributed by atoms with Crippen molar-refractivity contribution in [1.82, 2.24) is 0 Å². The predicted molar refractivity (Wildman–Crippen MR) is 37.8 cm³/mol. The maximum absolute atomic E-state index is 9.00. The van der Waals surface area contributed by atoms with Gasteiger partial charge in [0, 0.05) is 0 Å². The number of hydrogen-bond acceptors (Lipinski definition) is 1. The van der Waals surface area contributed by atoms with Crippen LogP contribution in [0.3, 0.4) is 0 Å². The van der Waals surface area contributed by atoms with E-state index < -0.39 is 6.03 Å². The van der Waals surface area contributed by atoms with Crippen molar-refractivity contribution in [2.45, 2.75) is 13.8 Å². The van der Waals surface area contributed by atoms with Crippen LogP contribution in [0, 0.1) is 0 Å². The third-order valence-corrected chi connectivity index (χ3v) is 0.333. The molecule has 0 heterocycles. The number of primary amides is 2. The summed E-state index contributed by atoms with van der Waals surface area (Å²) in [6.45, 7) is 3.89. The third-order valence-electron chi connectivity index (χ3n) is 0.333. The summed E-state index contributed by atoms with van der Waals surface area (Å²) in [5, 5.41) is 0. The highest BCUT2D eigenvalue weighted by atomic mass is 16.2. The van der Waals surface area contributed by atoms with E-state index in [2.05, 4.69) is 17.2 Å². The maximum atomic E-state index is 9.00. The van der Waals surface area contributed by atoms with Gasteiger partial charge in [-0.3, -0.25) is 0 Å². The summed E-state index contributed by atoms with van der Waals surface area (Å²) < 4.78 is 0. The summed E-state index contributed by atoms with van der Waals surface area (Å²) in [6.07, 6.45) is 3.75. The van der Waals surface area contributed by atoms with Crippen LogP contribution in [0.4, 0.5) is 4.79 Å². The van der Waals surface area contributed by atoms with Crippen molar-refractivity contribution in [1.29, 1.82) is 0 Å². The smallest absolute Gasteiger partial charge is 0.309 e. The molecule has 0 fully saturated rings. The van der Waals surface area contributed by atoms with E-state index >= 15 is 0 Å². The number of carbonyl (C=O) groups is 1. The summed E-state index contributed by atoms with van der Waals surface area (Å²) in [6, 6.07) is -0.833. The first-order valence-corrected chi connectivity index (χ1v) is 2.51. The number of urea groups is 1. The third kappa shape index (κ3) is 250. The zero-order chi connectivity index (χ0) is 7.70. The maximum Gasteiger partial charge on any atom is 0.309 e. The van der Waals surface area contributed by atoms with Crippen LogP contribution in [0.1, 0.15) is 13.8 Å². The van der Waals surface area contributed by atoms with Crippen LogP contribution in [0.2, 0.25) is 0 Å². The molecular formula is C6H12N2O. The van der Waals surface area contributed by atoms with E-state index in [1.165, 1.54) is 0 Å². The first-order valence-electron chi connectivity index (χ1n) is 2.51. The second-order valence-electron chi connectivity index (χ2n) is 1.15. The number of hydrogen-bond donors (Lipinski definition) is 2.